The molecule has 4 aromatic rings. The third-order valence-corrected chi connectivity index (χ3v) is 14.2. The molecule has 0 aliphatic carbocycles. The number of benzene rings is 4. The molecule has 0 N–H and O–H groups in total. The predicted octanol–water partition coefficient (Wildman–Crippen LogP) is 8.96. The number of hydrogen-bond acceptors (Lipinski definition) is 9. The van der Waals surface area contributed by atoms with Crippen molar-refractivity contribution < 1.29 is 51.7 Å². The van der Waals surface area contributed by atoms with Crippen LogP contribution in [-0.4, -0.2) is 110 Å². The second-order valence-electron chi connectivity index (χ2n) is 18.3. The van der Waals surface area contributed by atoms with Crippen molar-refractivity contribution in [1.29, 1.82) is 0 Å². The van der Waals surface area contributed by atoms with Gasteiger partial charge in [-0.05, 0) is 115 Å². The van der Waals surface area contributed by atoms with Gasteiger partial charge < -0.3 is 42.1 Å². The van der Waals surface area contributed by atoms with Crippen LogP contribution in [0.4, 0.5) is 0 Å². The fourth-order valence-corrected chi connectivity index (χ4v) is 9.86. The normalized spacial score (nSPS) is 20.1. The summed E-state index contributed by atoms with van der Waals surface area (Å²) in [6.07, 6.45) is 6.34. The van der Waals surface area contributed by atoms with Crippen LogP contribution in [-0.2, 0) is 44.7 Å². The highest BCUT2D eigenvalue weighted by atomic mass is 16.5. The summed E-state index contributed by atoms with van der Waals surface area (Å²) >= 11 is 0. The van der Waals surface area contributed by atoms with Gasteiger partial charge in [0.15, 0.2) is 23.0 Å². The Labute approximate surface area is 381 Å². The maximum atomic E-state index is 13.2. The van der Waals surface area contributed by atoms with E-state index in [0.717, 1.165) is 73.0 Å². The number of quaternary nitrogens is 2. The van der Waals surface area contributed by atoms with Crippen LogP contribution in [0.25, 0.3) is 0 Å². The average molecular weight is 881 g/mol. The van der Waals surface area contributed by atoms with Crippen LogP contribution in [0.3, 0.4) is 0 Å². The molecule has 4 atom stereocenters. The van der Waals surface area contributed by atoms with E-state index >= 15 is 0 Å². The number of likely N-dealkylation sites (N-methyl/N-ethyl adjacent to an activating group) is 2. The second kappa shape index (κ2) is 21.6. The molecule has 2 aliphatic rings. The molecule has 0 saturated heterocycles. The maximum Gasteiger partial charge on any atom is 0.311 e. The third-order valence-electron chi connectivity index (χ3n) is 14.2. The van der Waals surface area contributed by atoms with Gasteiger partial charge in [0.1, 0.15) is 17.8 Å². The van der Waals surface area contributed by atoms with Crippen molar-refractivity contribution in [3.05, 3.63) is 111 Å². The van der Waals surface area contributed by atoms with Crippen LogP contribution < -0.4 is 23.7 Å². The van der Waals surface area contributed by atoms with Crippen LogP contribution in [0.1, 0.15) is 94.3 Å². The lowest BCUT2D eigenvalue weighted by molar-refractivity contribution is -0.940. The molecule has 11 heteroatoms. The number of carbonyl (C=O) groups is 2. The molecule has 0 bridgehead atoms. The summed E-state index contributed by atoms with van der Waals surface area (Å²) in [6, 6.07) is 21.7. The van der Waals surface area contributed by atoms with Gasteiger partial charge in [-0.2, -0.15) is 0 Å². The Balaban J connectivity index is 0.972. The minimum atomic E-state index is -0.198. The zero-order chi connectivity index (χ0) is 46.0. The van der Waals surface area contributed by atoms with Gasteiger partial charge in [0.05, 0.1) is 102 Å². The lowest BCUT2D eigenvalue weighted by Crippen LogP contribution is -2.53. The first-order valence-electron chi connectivity index (χ1n) is 22.9. The first-order chi connectivity index (χ1) is 30.7. The molecule has 2 aliphatic heterocycles. The van der Waals surface area contributed by atoms with Crippen molar-refractivity contribution >= 4 is 11.9 Å². The van der Waals surface area contributed by atoms with Crippen LogP contribution in [0.2, 0.25) is 0 Å². The molecule has 0 aromatic heterocycles. The molecule has 0 spiro atoms. The van der Waals surface area contributed by atoms with E-state index in [9.17, 15) is 9.59 Å². The highest BCUT2D eigenvalue weighted by molar-refractivity contribution is 5.69. The first kappa shape index (κ1) is 48.2. The SMILES string of the molecule is COc1cc(C[C@@H]2c3cc(C)c(C)cc3CC[N+]2(C)CCC(=O)OCCCCCOC(=O)CC[N+]2(C)CCc3cc(OC)c(OC)cc3[C@H]2Cc2ccc(OC)c(OC)c2)ccc1C. The Hall–Kier alpha value is -5.26. The van der Waals surface area contributed by atoms with E-state index in [1.807, 2.05) is 12.1 Å². The van der Waals surface area contributed by atoms with E-state index in [1.165, 1.54) is 38.9 Å². The molecular formula is C53H72N2O9+2. The van der Waals surface area contributed by atoms with E-state index in [4.69, 9.17) is 33.2 Å². The minimum absolute atomic E-state index is 0.0525. The van der Waals surface area contributed by atoms with Crippen LogP contribution in [0.15, 0.2) is 60.7 Å². The van der Waals surface area contributed by atoms with Crippen LogP contribution in [0.5, 0.6) is 28.7 Å². The number of methoxy groups -OCH3 is 5. The number of aryl methyl sites for hydroxylation is 3. The number of ether oxygens (including phenoxy) is 7. The van der Waals surface area contributed by atoms with Gasteiger partial charge in [-0.15, -0.1) is 0 Å². The van der Waals surface area contributed by atoms with Gasteiger partial charge in [-0.1, -0.05) is 24.3 Å². The number of carbonyl (C=O) groups excluding carboxylic acids is 2. The van der Waals surface area contributed by atoms with E-state index in [0.29, 0.717) is 73.0 Å². The van der Waals surface area contributed by atoms with Gasteiger partial charge >= 0.3 is 11.9 Å². The molecule has 64 heavy (non-hydrogen) atoms. The number of rotatable bonds is 21. The number of unbranched alkanes of at least 4 members (excludes halogenated alkanes) is 2. The van der Waals surface area contributed by atoms with Crippen molar-refractivity contribution in [3.63, 3.8) is 0 Å². The Bertz CT molecular complexity index is 2260. The van der Waals surface area contributed by atoms with Crippen molar-refractivity contribution in [2.45, 2.75) is 90.6 Å². The molecule has 0 saturated carbocycles. The zero-order valence-corrected chi connectivity index (χ0v) is 40.1. The number of fused-ring (bicyclic) bond motifs is 2. The third kappa shape index (κ3) is 11.3. The van der Waals surface area contributed by atoms with E-state index in [1.54, 1.807) is 35.5 Å². The lowest BCUT2D eigenvalue weighted by Gasteiger charge is -2.46. The summed E-state index contributed by atoms with van der Waals surface area (Å²) in [7, 11) is 12.9. The minimum Gasteiger partial charge on any atom is -0.496 e. The standard InChI is InChI=1S/C53H72N2O9/c1-36-14-15-39(32-48(36)59-7)30-45-43-29-38(3)37(2)28-41(43)18-22-54(45,4)24-20-52(56)63-26-12-11-13-27-64-53(57)21-25-55(5)23-19-42-34-50(61-9)51(62-10)35-44(42)46(55)31-40-16-17-47(58-6)49(33-40)60-8/h14-17,28-29,32-35,45-46H,11-13,18-27,30-31H2,1-10H3/q+2/t45-,46-,54?,55?/m1/s1. The summed E-state index contributed by atoms with van der Waals surface area (Å²) in [5, 5.41) is 0. The van der Waals surface area contributed by atoms with Gasteiger partial charge in [-0.3, -0.25) is 9.59 Å². The van der Waals surface area contributed by atoms with E-state index < -0.39 is 0 Å². The number of hydrogen-bond donors (Lipinski definition) is 0. The Morgan fingerprint density at radius 1 is 0.516 bits per heavy atom. The summed E-state index contributed by atoms with van der Waals surface area (Å²) in [4.78, 5) is 26.3. The molecule has 6 rings (SSSR count). The summed E-state index contributed by atoms with van der Waals surface area (Å²) in [5.41, 5.74) is 11.3. The summed E-state index contributed by atoms with van der Waals surface area (Å²) < 4.78 is 41.1. The van der Waals surface area contributed by atoms with Crippen molar-refractivity contribution in [3.8, 4) is 28.7 Å². The topological polar surface area (TPSA) is 98.8 Å². The zero-order valence-electron chi connectivity index (χ0n) is 40.1. The molecule has 0 radical (unpaired) electrons. The molecule has 4 aromatic carbocycles. The van der Waals surface area contributed by atoms with Gasteiger partial charge in [0.2, 0.25) is 0 Å². The van der Waals surface area contributed by atoms with Crippen molar-refractivity contribution in [2.24, 2.45) is 0 Å². The highest BCUT2D eigenvalue weighted by Crippen LogP contribution is 2.44. The number of esters is 2. The highest BCUT2D eigenvalue weighted by Gasteiger charge is 2.41. The van der Waals surface area contributed by atoms with Gasteiger partial charge in [0, 0.05) is 36.8 Å². The van der Waals surface area contributed by atoms with Crippen molar-refractivity contribution in [2.75, 3.05) is 89.0 Å². The Kier molecular flexibility index (Phi) is 16.3. The van der Waals surface area contributed by atoms with Crippen LogP contribution >= 0.6 is 0 Å². The van der Waals surface area contributed by atoms with Gasteiger partial charge in [0.25, 0.3) is 0 Å². The molecule has 0 fully saturated rings. The van der Waals surface area contributed by atoms with Crippen LogP contribution in [0, 0.1) is 20.8 Å². The maximum absolute atomic E-state index is 13.2. The quantitative estimate of drug-likeness (QED) is 0.0462. The monoisotopic (exact) mass is 881 g/mol. The second-order valence-corrected chi connectivity index (χ2v) is 18.3. The molecular weight excluding hydrogens is 809 g/mol. The Morgan fingerprint density at radius 2 is 0.969 bits per heavy atom. The molecule has 2 heterocycles. The molecule has 11 nitrogen and oxygen atoms in total. The van der Waals surface area contributed by atoms with Gasteiger partial charge in [-0.25, -0.2) is 0 Å². The number of nitrogens with zero attached hydrogens (tertiary/aromatic N) is 2. The summed E-state index contributed by atoms with van der Waals surface area (Å²) in [5.74, 6) is 3.32. The lowest BCUT2D eigenvalue weighted by atomic mass is 9.84. The molecule has 2 unspecified atom stereocenters. The Morgan fingerprint density at radius 3 is 1.52 bits per heavy atom. The van der Waals surface area contributed by atoms with Crippen molar-refractivity contribution in [1.82, 2.24) is 0 Å². The largest absolute Gasteiger partial charge is 0.496 e. The predicted molar refractivity (Wildman–Crippen MR) is 250 cm³/mol. The first-order valence-corrected chi connectivity index (χ1v) is 22.9. The van der Waals surface area contributed by atoms with E-state index in [2.05, 4.69) is 83.4 Å². The smallest absolute Gasteiger partial charge is 0.311 e. The molecule has 0 amide bonds. The fraction of sp³-hybridized carbons (Fsp3) is 0.509. The molecule has 346 valence electrons. The van der Waals surface area contributed by atoms with E-state index in [-0.39, 0.29) is 24.0 Å². The summed E-state index contributed by atoms with van der Waals surface area (Å²) in [6.45, 7) is 10.3. The fourth-order valence-electron chi connectivity index (χ4n) is 9.86. The average Bonchev–Trinajstić information content (AvgIpc) is 3.30.